The number of primary amides is 1. The number of benzene rings is 1. The second-order valence-corrected chi connectivity index (χ2v) is 8.10. The zero-order valence-corrected chi connectivity index (χ0v) is 17.0. The molecule has 1 aromatic carbocycles. The normalized spacial score (nSPS) is 12.6. The van der Waals surface area contributed by atoms with Crippen LogP contribution in [0.5, 0.6) is 5.75 Å². The summed E-state index contributed by atoms with van der Waals surface area (Å²) in [4.78, 5) is 25.7. The second kappa shape index (κ2) is 7.71. The number of hydrogen-bond donors (Lipinski definition) is 2. The molecule has 1 aliphatic carbocycles. The summed E-state index contributed by atoms with van der Waals surface area (Å²) >= 11 is 1.44. The number of anilines is 1. The average Bonchev–Trinajstić information content (AvgIpc) is 3.35. The highest BCUT2D eigenvalue weighted by Gasteiger charge is 2.26. The third kappa shape index (κ3) is 3.75. The first kappa shape index (κ1) is 19.2. The zero-order valence-electron chi connectivity index (χ0n) is 16.2. The van der Waals surface area contributed by atoms with Crippen molar-refractivity contribution < 1.29 is 18.8 Å². The Kier molecular flexibility index (Phi) is 5.10. The maximum Gasteiger partial charge on any atom is 0.256 e. The van der Waals surface area contributed by atoms with Gasteiger partial charge >= 0.3 is 0 Å². The highest BCUT2D eigenvalue weighted by atomic mass is 32.1. The van der Waals surface area contributed by atoms with Crippen molar-refractivity contribution in [1.82, 2.24) is 5.16 Å². The molecule has 3 N–H and O–H groups in total. The van der Waals surface area contributed by atoms with Crippen LogP contribution >= 0.6 is 11.3 Å². The Morgan fingerprint density at radius 3 is 2.66 bits per heavy atom. The highest BCUT2D eigenvalue weighted by Crippen LogP contribution is 2.39. The van der Waals surface area contributed by atoms with E-state index in [1.165, 1.54) is 11.3 Å². The Bertz CT molecular complexity index is 1060. The fourth-order valence-electron chi connectivity index (χ4n) is 3.49. The van der Waals surface area contributed by atoms with Crippen molar-refractivity contribution in [1.29, 1.82) is 0 Å². The van der Waals surface area contributed by atoms with Gasteiger partial charge in [-0.3, -0.25) is 9.59 Å². The summed E-state index contributed by atoms with van der Waals surface area (Å²) in [5, 5.41) is 7.28. The Labute approximate surface area is 171 Å². The van der Waals surface area contributed by atoms with Crippen molar-refractivity contribution in [2.75, 3.05) is 5.32 Å². The molecule has 0 aliphatic heterocycles. The first-order valence-electron chi connectivity index (χ1n) is 9.34. The summed E-state index contributed by atoms with van der Waals surface area (Å²) in [5.41, 5.74) is 9.17. The van der Waals surface area contributed by atoms with Crippen molar-refractivity contribution in [2.45, 2.75) is 39.7 Å². The van der Waals surface area contributed by atoms with Crippen LogP contribution in [0.3, 0.4) is 0 Å². The Hall–Kier alpha value is -3.13. The van der Waals surface area contributed by atoms with Gasteiger partial charge in [-0.15, -0.1) is 11.3 Å². The summed E-state index contributed by atoms with van der Waals surface area (Å²) in [6, 6.07) is 6.83. The van der Waals surface area contributed by atoms with Gasteiger partial charge in [-0.1, -0.05) is 5.16 Å². The zero-order chi connectivity index (χ0) is 20.5. The van der Waals surface area contributed by atoms with E-state index in [0.29, 0.717) is 28.5 Å². The third-order valence-electron chi connectivity index (χ3n) is 5.08. The molecule has 0 saturated heterocycles. The number of hydrogen-bond acceptors (Lipinski definition) is 6. The van der Waals surface area contributed by atoms with Crippen molar-refractivity contribution >= 4 is 28.2 Å². The molecule has 1 aliphatic rings. The van der Waals surface area contributed by atoms with E-state index in [4.69, 9.17) is 15.0 Å². The van der Waals surface area contributed by atoms with Gasteiger partial charge in [0.15, 0.2) is 0 Å². The molecule has 0 radical (unpaired) electrons. The van der Waals surface area contributed by atoms with Crippen LogP contribution in [0.15, 0.2) is 28.8 Å². The second-order valence-electron chi connectivity index (χ2n) is 7.00. The van der Waals surface area contributed by atoms with Gasteiger partial charge in [0.2, 0.25) is 0 Å². The predicted molar refractivity (Wildman–Crippen MR) is 110 cm³/mol. The van der Waals surface area contributed by atoms with E-state index in [1.807, 2.05) is 13.8 Å². The number of ether oxygens (including phenoxy) is 1. The quantitative estimate of drug-likeness (QED) is 0.642. The lowest BCUT2D eigenvalue weighted by Gasteiger charge is -2.08. The Morgan fingerprint density at radius 1 is 1.24 bits per heavy atom. The summed E-state index contributed by atoms with van der Waals surface area (Å²) < 4.78 is 10.9. The number of carbonyl (C=O) groups is 2. The highest BCUT2D eigenvalue weighted by molar-refractivity contribution is 7.17. The molecule has 0 saturated carbocycles. The molecule has 0 spiro atoms. The van der Waals surface area contributed by atoms with Crippen LogP contribution in [0.1, 0.15) is 54.6 Å². The van der Waals surface area contributed by atoms with Crippen molar-refractivity contribution in [3.05, 3.63) is 62.9 Å². The molecule has 29 heavy (non-hydrogen) atoms. The summed E-state index contributed by atoms with van der Waals surface area (Å²) in [7, 11) is 0. The SMILES string of the molecule is Cc1noc(C)c1COc1ccc(C(=O)Nc2sc3c(c2C(N)=O)CCC3)cc1. The fraction of sp³-hybridized carbons (Fsp3) is 0.286. The van der Waals surface area contributed by atoms with Gasteiger partial charge in [0.1, 0.15) is 23.1 Å². The maximum absolute atomic E-state index is 12.6. The van der Waals surface area contributed by atoms with Crippen molar-refractivity contribution in [3.8, 4) is 5.75 Å². The minimum Gasteiger partial charge on any atom is -0.489 e. The summed E-state index contributed by atoms with van der Waals surface area (Å²) in [6.45, 7) is 4.05. The van der Waals surface area contributed by atoms with Gasteiger partial charge in [-0.25, -0.2) is 0 Å². The number of thiophene rings is 1. The minimum atomic E-state index is -0.497. The number of aryl methyl sites for hydroxylation is 3. The predicted octanol–water partition coefficient (Wildman–Crippen LogP) is 3.77. The lowest BCUT2D eigenvalue weighted by Crippen LogP contribution is -2.17. The molecule has 7 nitrogen and oxygen atoms in total. The molecule has 150 valence electrons. The number of carbonyl (C=O) groups excluding carboxylic acids is 2. The van der Waals surface area contributed by atoms with Gasteiger partial charge in [-0.2, -0.15) is 0 Å². The molecule has 2 aromatic heterocycles. The number of rotatable bonds is 6. The number of nitrogens with zero attached hydrogens (tertiary/aromatic N) is 1. The number of nitrogens with two attached hydrogens (primary N) is 1. The van der Waals surface area contributed by atoms with Crippen molar-refractivity contribution in [3.63, 3.8) is 0 Å². The number of fused-ring (bicyclic) bond motifs is 1. The molecular formula is C21H21N3O4S. The van der Waals surface area contributed by atoms with E-state index in [9.17, 15) is 9.59 Å². The molecule has 2 amide bonds. The van der Waals surface area contributed by atoms with Gasteiger partial charge in [0, 0.05) is 10.4 Å². The molecule has 0 unspecified atom stereocenters. The van der Waals surface area contributed by atoms with E-state index in [1.54, 1.807) is 24.3 Å². The summed E-state index contributed by atoms with van der Waals surface area (Å²) in [5.74, 6) is 0.577. The van der Waals surface area contributed by atoms with Crippen LogP contribution in [-0.4, -0.2) is 17.0 Å². The first-order valence-corrected chi connectivity index (χ1v) is 10.2. The number of nitrogens with one attached hydrogen (secondary N) is 1. The summed E-state index contributed by atoms with van der Waals surface area (Å²) in [6.07, 6.45) is 2.77. The molecule has 8 heteroatoms. The van der Waals surface area contributed by atoms with Crippen molar-refractivity contribution in [2.24, 2.45) is 5.73 Å². The monoisotopic (exact) mass is 411 g/mol. The van der Waals surface area contributed by atoms with Crippen LogP contribution in [0.4, 0.5) is 5.00 Å². The van der Waals surface area contributed by atoms with Gasteiger partial charge < -0.3 is 20.3 Å². The Balaban J connectivity index is 1.44. The van der Waals surface area contributed by atoms with Crippen LogP contribution in [0, 0.1) is 13.8 Å². The number of aromatic nitrogens is 1. The standard InChI is InChI=1S/C21H21N3O4S/c1-11-16(12(2)28-24-11)10-27-14-8-6-13(7-9-14)20(26)23-21-18(19(22)25)15-4-3-5-17(15)29-21/h6-9H,3-5,10H2,1-2H3,(H2,22,25)(H,23,26). The van der Waals surface area contributed by atoms with Gasteiger partial charge in [0.25, 0.3) is 11.8 Å². The molecule has 2 heterocycles. The fourth-order valence-corrected chi connectivity index (χ4v) is 4.78. The van der Waals surface area contributed by atoms with Crippen LogP contribution in [-0.2, 0) is 19.4 Å². The van der Waals surface area contributed by atoms with Crippen LogP contribution in [0.2, 0.25) is 0 Å². The molecule has 0 atom stereocenters. The smallest absolute Gasteiger partial charge is 0.256 e. The lowest BCUT2D eigenvalue weighted by atomic mass is 10.1. The largest absolute Gasteiger partial charge is 0.489 e. The van der Waals surface area contributed by atoms with Crippen LogP contribution < -0.4 is 15.8 Å². The van der Waals surface area contributed by atoms with E-state index in [0.717, 1.165) is 46.7 Å². The molecule has 0 bridgehead atoms. The molecule has 3 aromatic rings. The lowest BCUT2D eigenvalue weighted by molar-refractivity contribution is 0.100. The topological polar surface area (TPSA) is 107 Å². The van der Waals surface area contributed by atoms with E-state index in [-0.39, 0.29) is 5.91 Å². The third-order valence-corrected chi connectivity index (χ3v) is 6.28. The van der Waals surface area contributed by atoms with Gasteiger partial charge in [0.05, 0.1) is 16.8 Å². The molecular weight excluding hydrogens is 390 g/mol. The first-order chi connectivity index (χ1) is 13.9. The molecule has 4 rings (SSSR count). The minimum absolute atomic E-state index is 0.287. The Morgan fingerprint density at radius 2 is 2.00 bits per heavy atom. The average molecular weight is 411 g/mol. The molecule has 0 fully saturated rings. The van der Waals surface area contributed by atoms with E-state index >= 15 is 0 Å². The van der Waals surface area contributed by atoms with Crippen LogP contribution in [0.25, 0.3) is 0 Å². The van der Waals surface area contributed by atoms with Gasteiger partial charge in [-0.05, 0) is 62.9 Å². The van der Waals surface area contributed by atoms with E-state index < -0.39 is 5.91 Å². The number of amides is 2. The maximum atomic E-state index is 12.6. The van der Waals surface area contributed by atoms with E-state index in [2.05, 4.69) is 10.5 Å².